The number of rotatable bonds is 1. The van der Waals surface area contributed by atoms with E-state index < -0.39 is 0 Å². The minimum atomic E-state index is -0.367. The molecule has 0 saturated heterocycles. The van der Waals surface area contributed by atoms with Crippen LogP contribution in [0, 0.1) is 0 Å². The van der Waals surface area contributed by atoms with Crippen LogP contribution in [0.5, 0.6) is 0 Å². The fourth-order valence-corrected chi connectivity index (χ4v) is 2.21. The fraction of sp³-hybridized carbons (Fsp3) is 0.231. The van der Waals surface area contributed by atoms with Crippen molar-refractivity contribution >= 4 is 22.0 Å². The summed E-state index contributed by atoms with van der Waals surface area (Å²) >= 11 is 0. The highest BCUT2D eigenvalue weighted by Gasteiger charge is 2.14. The van der Waals surface area contributed by atoms with Gasteiger partial charge in [-0.15, -0.1) is 0 Å². The molecular formula is C13H12N2O2. The Morgan fingerprint density at radius 2 is 2.12 bits per heavy atom. The molecule has 0 bridgehead atoms. The lowest BCUT2D eigenvalue weighted by molar-refractivity contribution is 0.568. The number of nitrogens with zero attached hydrogens (tertiary/aromatic N) is 2. The molecule has 4 heteroatoms. The van der Waals surface area contributed by atoms with Gasteiger partial charge in [0.1, 0.15) is 11.4 Å². The number of aryl methyl sites for hydroxylation is 2. The topological polar surface area (TPSA) is 48.0 Å². The Kier molecular flexibility index (Phi) is 2.04. The summed E-state index contributed by atoms with van der Waals surface area (Å²) in [5, 5.41) is 0.928. The zero-order chi connectivity index (χ0) is 12.0. The van der Waals surface area contributed by atoms with Gasteiger partial charge < -0.3 is 8.98 Å². The van der Waals surface area contributed by atoms with Gasteiger partial charge >= 0.3 is 5.63 Å². The van der Waals surface area contributed by atoms with Gasteiger partial charge in [-0.1, -0.05) is 19.1 Å². The lowest BCUT2D eigenvalue weighted by Gasteiger charge is -2.01. The van der Waals surface area contributed by atoms with Gasteiger partial charge in [-0.25, -0.2) is 9.78 Å². The molecule has 2 heterocycles. The van der Waals surface area contributed by atoms with Gasteiger partial charge in [0.05, 0.1) is 5.52 Å². The Labute approximate surface area is 97.5 Å². The van der Waals surface area contributed by atoms with E-state index in [1.54, 1.807) is 6.07 Å². The number of benzene rings is 1. The molecule has 3 rings (SSSR count). The van der Waals surface area contributed by atoms with E-state index in [0.717, 1.165) is 23.1 Å². The van der Waals surface area contributed by atoms with Crippen LogP contribution in [0.15, 0.2) is 33.5 Å². The molecule has 0 unspecified atom stereocenters. The van der Waals surface area contributed by atoms with Crippen molar-refractivity contribution < 1.29 is 4.42 Å². The van der Waals surface area contributed by atoms with E-state index in [-0.39, 0.29) is 5.63 Å². The van der Waals surface area contributed by atoms with Crippen molar-refractivity contribution in [2.45, 2.75) is 13.3 Å². The SMILES string of the molecule is CCc1nc2c(=O)oc3ccccc3c2n1C. The van der Waals surface area contributed by atoms with Crippen LogP contribution in [0.4, 0.5) is 0 Å². The second-order valence-corrected chi connectivity index (χ2v) is 4.02. The summed E-state index contributed by atoms with van der Waals surface area (Å²) in [4.78, 5) is 16.2. The van der Waals surface area contributed by atoms with Crippen LogP contribution < -0.4 is 5.63 Å². The molecule has 0 aliphatic carbocycles. The van der Waals surface area contributed by atoms with E-state index in [9.17, 15) is 4.79 Å². The predicted octanol–water partition coefficient (Wildman–Crippen LogP) is 2.24. The van der Waals surface area contributed by atoms with Crippen molar-refractivity contribution in [2.24, 2.45) is 7.05 Å². The van der Waals surface area contributed by atoms with Crippen molar-refractivity contribution in [3.8, 4) is 0 Å². The summed E-state index contributed by atoms with van der Waals surface area (Å²) in [6, 6.07) is 7.53. The van der Waals surface area contributed by atoms with Gasteiger partial charge in [-0.3, -0.25) is 0 Å². The van der Waals surface area contributed by atoms with Gasteiger partial charge in [-0.2, -0.15) is 0 Å². The molecule has 17 heavy (non-hydrogen) atoms. The lowest BCUT2D eigenvalue weighted by Crippen LogP contribution is -2.00. The Balaban J connectivity index is 2.64. The molecule has 0 atom stereocenters. The van der Waals surface area contributed by atoms with Crippen LogP contribution in [0.1, 0.15) is 12.7 Å². The molecule has 4 nitrogen and oxygen atoms in total. The number of hydrogen-bond acceptors (Lipinski definition) is 3. The van der Waals surface area contributed by atoms with Gasteiger partial charge in [0.25, 0.3) is 0 Å². The third-order valence-corrected chi connectivity index (χ3v) is 3.04. The lowest BCUT2D eigenvalue weighted by atomic mass is 10.2. The van der Waals surface area contributed by atoms with Crippen molar-refractivity contribution in [1.29, 1.82) is 0 Å². The molecule has 86 valence electrons. The molecule has 0 radical (unpaired) electrons. The van der Waals surface area contributed by atoms with Crippen molar-refractivity contribution in [1.82, 2.24) is 9.55 Å². The maximum atomic E-state index is 11.8. The molecule has 0 aliphatic rings. The van der Waals surface area contributed by atoms with E-state index in [4.69, 9.17) is 4.42 Å². The maximum Gasteiger partial charge on any atom is 0.364 e. The van der Waals surface area contributed by atoms with Gasteiger partial charge in [0.15, 0.2) is 5.52 Å². The highest BCUT2D eigenvalue weighted by molar-refractivity contribution is 6.00. The molecule has 0 N–H and O–H groups in total. The first-order valence-corrected chi connectivity index (χ1v) is 5.59. The third kappa shape index (κ3) is 1.30. The molecule has 0 fully saturated rings. The van der Waals surface area contributed by atoms with E-state index in [2.05, 4.69) is 4.98 Å². The van der Waals surface area contributed by atoms with Crippen LogP contribution in [0.3, 0.4) is 0 Å². The van der Waals surface area contributed by atoms with E-state index in [0.29, 0.717) is 11.1 Å². The number of aromatic nitrogens is 2. The molecule has 2 aromatic heterocycles. The second-order valence-electron chi connectivity index (χ2n) is 4.02. The Hall–Kier alpha value is -2.10. The van der Waals surface area contributed by atoms with E-state index >= 15 is 0 Å². The van der Waals surface area contributed by atoms with E-state index in [1.165, 1.54) is 0 Å². The summed E-state index contributed by atoms with van der Waals surface area (Å²) in [5.41, 5.74) is 1.52. The molecule has 0 spiro atoms. The molecule has 1 aromatic carbocycles. The molecule has 0 amide bonds. The summed E-state index contributed by atoms with van der Waals surface area (Å²) in [6.45, 7) is 2.02. The Morgan fingerprint density at radius 3 is 2.88 bits per heavy atom. The Morgan fingerprint density at radius 1 is 1.35 bits per heavy atom. The molecule has 0 aliphatic heterocycles. The summed E-state index contributed by atoms with van der Waals surface area (Å²) in [5.74, 6) is 0.892. The first-order valence-electron chi connectivity index (χ1n) is 5.59. The summed E-state index contributed by atoms with van der Waals surface area (Å²) in [6.07, 6.45) is 0.791. The molecule has 0 saturated carbocycles. The quantitative estimate of drug-likeness (QED) is 0.600. The van der Waals surface area contributed by atoms with Crippen LogP contribution in [0.2, 0.25) is 0 Å². The fourth-order valence-electron chi connectivity index (χ4n) is 2.21. The van der Waals surface area contributed by atoms with Crippen molar-refractivity contribution in [3.63, 3.8) is 0 Å². The summed E-state index contributed by atoms with van der Waals surface area (Å²) in [7, 11) is 1.93. The highest BCUT2D eigenvalue weighted by atomic mass is 16.4. The van der Waals surface area contributed by atoms with Gasteiger partial charge in [0, 0.05) is 18.9 Å². The van der Waals surface area contributed by atoms with Gasteiger partial charge in [-0.05, 0) is 12.1 Å². The zero-order valence-electron chi connectivity index (χ0n) is 9.73. The largest absolute Gasteiger partial charge is 0.421 e. The highest BCUT2D eigenvalue weighted by Crippen LogP contribution is 2.22. The smallest absolute Gasteiger partial charge is 0.364 e. The molecular weight excluding hydrogens is 216 g/mol. The van der Waals surface area contributed by atoms with Crippen LogP contribution >= 0.6 is 0 Å². The van der Waals surface area contributed by atoms with Crippen LogP contribution in [0.25, 0.3) is 22.0 Å². The number of para-hydroxylation sites is 1. The predicted molar refractivity (Wildman–Crippen MR) is 66.1 cm³/mol. The normalized spacial score (nSPS) is 11.4. The first kappa shape index (κ1) is 10.1. The average molecular weight is 228 g/mol. The van der Waals surface area contributed by atoms with Gasteiger partial charge in [0.2, 0.25) is 0 Å². The number of fused-ring (bicyclic) bond motifs is 3. The number of hydrogen-bond donors (Lipinski definition) is 0. The van der Waals surface area contributed by atoms with Crippen LogP contribution in [-0.2, 0) is 13.5 Å². The van der Waals surface area contributed by atoms with E-state index in [1.807, 2.05) is 36.7 Å². The monoisotopic (exact) mass is 228 g/mol. The third-order valence-electron chi connectivity index (χ3n) is 3.04. The zero-order valence-corrected chi connectivity index (χ0v) is 9.73. The van der Waals surface area contributed by atoms with Crippen LogP contribution in [-0.4, -0.2) is 9.55 Å². The molecule has 3 aromatic rings. The minimum Gasteiger partial charge on any atom is -0.421 e. The second kappa shape index (κ2) is 3.45. The minimum absolute atomic E-state index is 0.367. The maximum absolute atomic E-state index is 11.8. The standard InChI is InChI=1S/C13H12N2O2/c1-3-10-14-11-12(15(10)2)8-6-4-5-7-9(8)17-13(11)16/h4-7H,3H2,1-2H3. The average Bonchev–Trinajstić information content (AvgIpc) is 2.68. The number of imidazole rings is 1. The first-order chi connectivity index (χ1) is 8.22. The summed E-state index contributed by atoms with van der Waals surface area (Å²) < 4.78 is 7.22. The Bertz CT molecular complexity index is 768. The van der Waals surface area contributed by atoms with Crippen molar-refractivity contribution in [2.75, 3.05) is 0 Å². The van der Waals surface area contributed by atoms with Crippen molar-refractivity contribution in [3.05, 3.63) is 40.5 Å².